The van der Waals surface area contributed by atoms with E-state index in [0.29, 0.717) is 0 Å². The Morgan fingerprint density at radius 1 is 1.54 bits per heavy atom. The van der Waals surface area contributed by atoms with Crippen LogP contribution in [0.3, 0.4) is 0 Å². The van der Waals surface area contributed by atoms with Crippen molar-refractivity contribution in [3.05, 3.63) is 0 Å². The van der Waals surface area contributed by atoms with Gasteiger partial charge in [0.25, 0.3) is 0 Å². The number of carbonyl (C=O) groups is 1. The summed E-state index contributed by atoms with van der Waals surface area (Å²) in [7, 11) is 0. The van der Waals surface area contributed by atoms with Crippen molar-refractivity contribution in [2.24, 2.45) is 5.92 Å². The van der Waals surface area contributed by atoms with Gasteiger partial charge in [0.15, 0.2) is 0 Å². The summed E-state index contributed by atoms with van der Waals surface area (Å²) >= 11 is 0. The molecule has 0 aliphatic carbocycles. The van der Waals surface area contributed by atoms with E-state index < -0.39 is 5.54 Å². The standard InChI is InChI=1S/C10H21NO2/c1-5-6-8(2)9(13)11-10(3,4)7-12/h8,12H,5-7H2,1-4H3,(H,11,13). The SMILES string of the molecule is CCCC(C)C(=O)NC(C)(C)CO. The summed E-state index contributed by atoms with van der Waals surface area (Å²) in [5, 5.41) is 11.7. The number of aliphatic hydroxyl groups excluding tert-OH is 1. The average Bonchev–Trinajstić information content (AvgIpc) is 2.04. The molecule has 0 saturated carbocycles. The van der Waals surface area contributed by atoms with E-state index in [-0.39, 0.29) is 18.4 Å². The number of hydrogen-bond acceptors (Lipinski definition) is 2. The lowest BCUT2D eigenvalue weighted by Crippen LogP contribution is -2.48. The van der Waals surface area contributed by atoms with Gasteiger partial charge in [0.05, 0.1) is 12.1 Å². The minimum Gasteiger partial charge on any atom is -0.394 e. The maximum absolute atomic E-state index is 11.5. The molecular formula is C10H21NO2. The number of carbonyl (C=O) groups excluding carboxylic acids is 1. The Kier molecular flexibility index (Phi) is 4.99. The lowest BCUT2D eigenvalue weighted by molar-refractivity contribution is -0.126. The van der Waals surface area contributed by atoms with E-state index >= 15 is 0 Å². The third kappa shape index (κ3) is 4.88. The normalized spacial score (nSPS) is 13.9. The topological polar surface area (TPSA) is 49.3 Å². The molecule has 0 bridgehead atoms. The van der Waals surface area contributed by atoms with Gasteiger partial charge < -0.3 is 10.4 Å². The molecule has 0 fully saturated rings. The molecule has 0 rings (SSSR count). The molecule has 3 heteroatoms. The van der Waals surface area contributed by atoms with E-state index in [4.69, 9.17) is 5.11 Å². The highest BCUT2D eigenvalue weighted by molar-refractivity contribution is 5.78. The maximum atomic E-state index is 11.5. The Morgan fingerprint density at radius 3 is 2.46 bits per heavy atom. The van der Waals surface area contributed by atoms with E-state index in [1.165, 1.54) is 0 Å². The molecule has 2 N–H and O–H groups in total. The van der Waals surface area contributed by atoms with Crippen molar-refractivity contribution >= 4 is 5.91 Å². The van der Waals surface area contributed by atoms with Crippen molar-refractivity contribution in [3.8, 4) is 0 Å². The van der Waals surface area contributed by atoms with Crippen LogP contribution in [0.1, 0.15) is 40.5 Å². The van der Waals surface area contributed by atoms with Gasteiger partial charge in [-0.25, -0.2) is 0 Å². The van der Waals surface area contributed by atoms with Crippen molar-refractivity contribution in [1.29, 1.82) is 0 Å². The van der Waals surface area contributed by atoms with Crippen LogP contribution in [-0.2, 0) is 4.79 Å². The van der Waals surface area contributed by atoms with Crippen LogP contribution in [0, 0.1) is 5.92 Å². The van der Waals surface area contributed by atoms with Crippen molar-refractivity contribution in [2.75, 3.05) is 6.61 Å². The molecule has 0 aromatic rings. The molecule has 0 radical (unpaired) electrons. The van der Waals surface area contributed by atoms with Crippen LogP contribution in [0.5, 0.6) is 0 Å². The van der Waals surface area contributed by atoms with E-state index in [1.807, 2.05) is 20.8 Å². The van der Waals surface area contributed by atoms with E-state index in [0.717, 1.165) is 12.8 Å². The van der Waals surface area contributed by atoms with Gasteiger partial charge in [-0.05, 0) is 20.3 Å². The summed E-state index contributed by atoms with van der Waals surface area (Å²) in [6.07, 6.45) is 1.90. The fourth-order valence-corrected chi connectivity index (χ4v) is 1.06. The summed E-state index contributed by atoms with van der Waals surface area (Å²) < 4.78 is 0. The number of aliphatic hydroxyl groups is 1. The molecule has 0 saturated heterocycles. The van der Waals surface area contributed by atoms with Gasteiger partial charge in [-0.1, -0.05) is 20.3 Å². The number of hydrogen-bond donors (Lipinski definition) is 2. The zero-order chi connectivity index (χ0) is 10.5. The second-order valence-electron chi connectivity index (χ2n) is 4.22. The first kappa shape index (κ1) is 12.4. The largest absolute Gasteiger partial charge is 0.394 e. The van der Waals surface area contributed by atoms with Gasteiger partial charge >= 0.3 is 0 Å². The first-order valence-electron chi connectivity index (χ1n) is 4.86. The molecule has 0 spiro atoms. The molecule has 78 valence electrons. The number of nitrogens with one attached hydrogen (secondary N) is 1. The van der Waals surface area contributed by atoms with Crippen LogP contribution in [0.25, 0.3) is 0 Å². The van der Waals surface area contributed by atoms with Crippen LogP contribution in [0.4, 0.5) is 0 Å². The summed E-state index contributed by atoms with van der Waals surface area (Å²) in [5.74, 6) is 0.0664. The van der Waals surface area contributed by atoms with Crippen LogP contribution < -0.4 is 5.32 Å². The highest BCUT2D eigenvalue weighted by Gasteiger charge is 2.21. The Labute approximate surface area is 80.5 Å². The highest BCUT2D eigenvalue weighted by atomic mass is 16.3. The van der Waals surface area contributed by atoms with Gasteiger partial charge in [0.1, 0.15) is 0 Å². The second-order valence-corrected chi connectivity index (χ2v) is 4.22. The average molecular weight is 187 g/mol. The van der Waals surface area contributed by atoms with Crippen molar-refractivity contribution in [3.63, 3.8) is 0 Å². The zero-order valence-corrected chi connectivity index (χ0v) is 9.05. The maximum Gasteiger partial charge on any atom is 0.223 e. The highest BCUT2D eigenvalue weighted by Crippen LogP contribution is 2.08. The molecule has 1 unspecified atom stereocenters. The van der Waals surface area contributed by atoms with E-state index in [9.17, 15) is 4.79 Å². The first-order chi connectivity index (χ1) is 5.93. The number of rotatable bonds is 5. The van der Waals surface area contributed by atoms with E-state index in [2.05, 4.69) is 12.2 Å². The molecule has 1 atom stereocenters. The summed E-state index contributed by atoms with van der Waals surface area (Å²) in [5.41, 5.74) is -0.501. The van der Waals surface area contributed by atoms with Crippen LogP contribution in [0.15, 0.2) is 0 Å². The lowest BCUT2D eigenvalue weighted by atomic mass is 10.0. The molecule has 0 aliphatic rings. The molecule has 0 aromatic heterocycles. The number of amides is 1. The van der Waals surface area contributed by atoms with Crippen LogP contribution in [-0.4, -0.2) is 23.2 Å². The molecule has 0 aliphatic heterocycles. The Morgan fingerprint density at radius 2 is 2.08 bits per heavy atom. The zero-order valence-electron chi connectivity index (χ0n) is 9.05. The third-order valence-electron chi connectivity index (χ3n) is 2.03. The summed E-state index contributed by atoms with van der Waals surface area (Å²) in [4.78, 5) is 11.5. The predicted octanol–water partition coefficient (Wildman–Crippen LogP) is 1.31. The van der Waals surface area contributed by atoms with Gasteiger partial charge in [0.2, 0.25) is 5.91 Å². The van der Waals surface area contributed by atoms with Crippen LogP contribution >= 0.6 is 0 Å². The molecule has 3 nitrogen and oxygen atoms in total. The molecule has 13 heavy (non-hydrogen) atoms. The Bertz CT molecular complexity index is 166. The Balaban J connectivity index is 3.99. The first-order valence-corrected chi connectivity index (χ1v) is 4.86. The fraction of sp³-hybridized carbons (Fsp3) is 0.900. The van der Waals surface area contributed by atoms with Crippen molar-refractivity contribution < 1.29 is 9.90 Å². The van der Waals surface area contributed by atoms with Gasteiger partial charge in [-0.2, -0.15) is 0 Å². The quantitative estimate of drug-likeness (QED) is 0.681. The monoisotopic (exact) mass is 187 g/mol. The lowest BCUT2D eigenvalue weighted by Gasteiger charge is -2.25. The van der Waals surface area contributed by atoms with Crippen molar-refractivity contribution in [1.82, 2.24) is 5.32 Å². The van der Waals surface area contributed by atoms with Crippen LogP contribution in [0.2, 0.25) is 0 Å². The van der Waals surface area contributed by atoms with Gasteiger partial charge in [-0.15, -0.1) is 0 Å². The van der Waals surface area contributed by atoms with Crippen molar-refractivity contribution in [2.45, 2.75) is 46.1 Å². The molecule has 0 heterocycles. The van der Waals surface area contributed by atoms with E-state index in [1.54, 1.807) is 0 Å². The summed E-state index contributed by atoms with van der Waals surface area (Å²) in [6.45, 7) is 7.55. The van der Waals surface area contributed by atoms with Gasteiger partial charge in [-0.3, -0.25) is 4.79 Å². The predicted molar refractivity (Wildman–Crippen MR) is 53.4 cm³/mol. The Hall–Kier alpha value is -0.570. The summed E-state index contributed by atoms with van der Waals surface area (Å²) in [6, 6.07) is 0. The smallest absolute Gasteiger partial charge is 0.223 e. The molecule has 0 aromatic carbocycles. The molecule has 1 amide bonds. The minimum atomic E-state index is -0.501. The molecular weight excluding hydrogens is 166 g/mol. The fourth-order valence-electron chi connectivity index (χ4n) is 1.06. The third-order valence-corrected chi connectivity index (χ3v) is 2.03. The van der Waals surface area contributed by atoms with Gasteiger partial charge in [0, 0.05) is 5.92 Å². The minimum absolute atomic E-state index is 0.0286. The second kappa shape index (κ2) is 5.22.